The Kier molecular flexibility index (Phi) is 6.16. The molecule has 0 unspecified atom stereocenters. The molecule has 2 aliphatic rings. The summed E-state index contributed by atoms with van der Waals surface area (Å²) in [4.78, 5) is 26.9. The van der Waals surface area contributed by atoms with Crippen LogP contribution in [0.4, 0.5) is 10.7 Å². The molecular weight excluding hydrogens is 404 g/mol. The van der Waals surface area contributed by atoms with Crippen molar-refractivity contribution in [3.8, 4) is 17.6 Å². The molecule has 0 spiro atoms. The number of benzene rings is 1. The minimum Gasteiger partial charge on any atom is -0.454 e. The lowest BCUT2D eigenvalue weighted by molar-refractivity contribution is -0.121. The summed E-state index contributed by atoms with van der Waals surface area (Å²) in [5.41, 5.74) is 1.19. The maximum absolute atomic E-state index is 12.6. The number of fused-ring (bicyclic) bond motifs is 1. The minimum atomic E-state index is -0.100. The van der Waals surface area contributed by atoms with Gasteiger partial charge in [0, 0.05) is 30.6 Å². The molecule has 0 radical (unpaired) electrons. The van der Waals surface area contributed by atoms with Crippen LogP contribution in [0.15, 0.2) is 29.6 Å². The molecule has 0 saturated carbocycles. The van der Waals surface area contributed by atoms with Gasteiger partial charge >= 0.3 is 0 Å². The van der Waals surface area contributed by atoms with Gasteiger partial charge in [-0.3, -0.25) is 9.59 Å². The summed E-state index contributed by atoms with van der Waals surface area (Å²) in [5, 5.41) is 17.2. The summed E-state index contributed by atoms with van der Waals surface area (Å²) >= 11 is 1.35. The highest BCUT2D eigenvalue weighted by molar-refractivity contribution is 7.14. The molecule has 1 aromatic carbocycles. The monoisotopic (exact) mass is 426 g/mol. The minimum absolute atomic E-state index is 0.00740. The zero-order valence-electron chi connectivity index (χ0n) is 16.3. The molecule has 2 amide bonds. The fourth-order valence-electron chi connectivity index (χ4n) is 3.58. The number of nitriles is 1. The van der Waals surface area contributed by atoms with Crippen molar-refractivity contribution in [3.63, 3.8) is 0 Å². The SMILES string of the molecule is N#Cc1ccsc1NC(=O)CCN1CCC(C(=O)Nc2ccc3c(c2)OCO3)CC1. The average molecular weight is 426 g/mol. The van der Waals surface area contributed by atoms with Gasteiger partial charge in [-0.1, -0.05) is 0 Å². The lowest BCUT2D eigenvalue weighted by Crippen LogP contribution is -2.39. The van der Waals surface area contributed by atoms with Crippen molar-refractivity contribution in [1.29, 1.82) is 5.26 Å². The number of nitrogens with zero attached hydrogens (tertiary/aromatic N) is 2. The van der Waals surface area contributed by atoms with E-state index in [0.717, 1.165) is 25.9 Å². The molecule has 1 fully saturated rings. The van der Waals surface area contributed by atoms with Crippen molar-refractivity contribution < 1.29 is 19.1 Å². The van der Waals surface area contributed by atoms with Gasteiger partial charge in [0.2, 0.25) is 18.6 Å². The highest BCUT2D eigenvalue weighted by Crippen LogP contribution is 2.34. The Morgan fingerprint density at radius 3 is 2.77 bits per heavy atom. The van der Waals surface area contributed by atoms with Gasteiger partial charge in [-0.05, 0) is 49.5 Å². The Morgan fingerprint density at radius 1 is 1.17 bits per heavy atom. The quantitative estimate of drug-likeness (QED) is 0.736. The molecule has 0 bridgehead atoms. The molecule has 0 aliphatic carbocycles. The fraction of sp³-hybridized carbons (Fsp3) is 0.381. The van der Waals surface area contributed by atoms with Crippen LogP contribution < -0.4 is 20.1 Å². The van der Waals surface area contributed by atoms with Gasteiger partial charge in [-0.15, -0.1) is 11.3 Å². The largest absolute Gasteiger partial charge is 0.454 e. The molecule has 1 aromatic heterocycles. The van der Waals surface area contributed by atoms with Crippen LogP contribution in [0.2, 0.25) is 0 Å². The number of ether oxygens (including phenoxy) is 2. The van der Waals surface area contributed by atoms with Crippen molar-refractivity contribution in [2.24, 2.45) is 5.92 Å². The van der Waals surface area contributed by atoms with E-state index in [4.69, 9.17) is 14.7 Å². The number of carbonyl (C=O) groups excluding carboxylic acids is 2. The van der Waals surface area contributed by atoms with Crippen LogP contribution in [-0.2, 0) is 9.59 Å². The number of thiophene rings is 1. The van der Waals surface area contributed by atoms with E-state index in [1.165, 1.54) is 11.3 Å². The third-order valence-electron chi connectivity index (χ3n) is 5.29. The van der Waals surface area contributed by atoms with Gasteiger partial charge in [-0.25, -0.2) is 0 Å². The predicted octanol–water partition coefficient (Wildman–Crippen LogP) is 3.03. The normalized spacial score (nSPS) is 16.1. The summed E-state index contributed by atoms with van der Waals surface area (Å²) in [6.45, 7) is 2.38. The molecule has 30 heavy (non-hydrogen) atoms. The Bertz CT molecular complexity index is 976. The third kappa shape index (κ3) is 4.72. The Labute approximate surface area is 178 Å². The molecule has 156 valence electrons. The second kappa shape index (κ2) is 9.15. The molecule has 9 heteroatoms. The first-order valence-electron chi connectivity index (χ1n) is 9.82. The lowest BCUT2D eigenvalue weighted by atomic mass is 9.95. The summed E-state index contributed by atoms with van der Waals surface area (Å²) in [6, 6.07) is 9.14. The van der Waals surface area contributed by atoms with E-state index in [1.54, 1.807) is 23.6 Å². The van der Waals surface area contributed by atoms with Crippen LogP contribution in [-0.4, -0.2) is 43.1 Å². The fourth-order valence-corrected chi connectivity index (χ4v) is 4.33. The molecule has 3 heterocycles. The van der Waals surface area contributed by atoms with E-state index in [2.05, 4.69) is 21.6 Å². The molecule has 2 aromatic rings. The molecule has 2 aliphatic heterocycles. The molecule has 2 N–H and O–H groups in total. The first kappa shape index (κ1) is 20.2. The Morgan fingerprint density at radius 2 is 1.97 bits per heavy atom. The maximum Gasteiger partial charge on any atom is 0.231 e. The van der Waals surface area contributed by atoms with Gasteiger partial charge in [0.25, 0.3) is 0 Å². The van der Waals surface area contributed by atoms with Gasteiger partial charge in [0.05, 0.1) is 5.56 Å². The number of anilines is 2. The van der Waals surface area contributed by atoms with E-state index in [1.807, 2.05) is 6.07 Å². The van der Waals surface area contributed by atoms with Crippen LogP contribution in [0, 0.1) is 17.2 Å². The highest BCUT2D eigenvalue weighted by Gasteiger charge is 2.26. The highest BCUT2D eigenvalue weighted by atomic mass is 32.1. The average Bonchev–Trinajstić information content (AvgIpc) is 3.41. The standard InChI is InChI=1S/C21H22N4O4S/c22-12-15-6-10-30-21(15)24-19(26)5-9-25-7-3-14(4-8-25)20(27)23-16-1-2-17-18(11-16)29-13-28-17/h1-2,6,10-11,14H,3-5,7-9,13H2,(H,23,27)(H,24,26). The van der Waals surface area contributed by atoms with Crippen LogP contribution in [0.25, 0.3) is 0 Å². The second-order valence-corrected chi connectivity index (χ2v) is 8.16. The van der Waals surface area contributed by atoms with E-state index >= 15 is 0 Å². The van der Waals surface area contributed by atoms with Crippen molar-refractivity contribution in [2.75, 3.05) is 37.1 Å². The van der Waals surface area contributed by atoms with E-state index in [0.29, 0.717) is 40.7 Å². The number of rotatable bonds is 6. The third-order valence-corrected chi connectivity index (χ3v) is 6.12. The lowest BCUT2D eigenvalue weighted by Gasteiger charge is -2.31. The number of carbonyl (C=O) groups is 2. The van der Waals surface area contributed by atoms with Crippen molar-refractivity contribution in [3.05, 3.63) is 35.2 Å². The number of nitrogens with one attached hydrogen (secondary N) is 2. The van der Waals surface area contributed by atoms with Gasteiger partial charge in [0.1, 0.15) is 11.1 Å². The van der Waals surface area contributed by atoms with Gasteiger partial charge < -0.3 is 25.0 Å². The Balaban J connectivity index is 1.19. The predicted molar refractivity (Wildman–Crippen MR) is 113 cm³/mol. The van der Waals surface area contributed by atoms with Crippen LogP contribution in [0.5, 0.6) is 11.5 Å². The Hall–Kier alpha value is -3.09. The van der Waals surface area contributed by atoms with Gasteiger partial charge in [0.15, 0.2) is 11.5 Å². The van der Waals surface area contributed by atoms with Gasteiger partial charge in [-0.2, -0.15) is 5.26 Å². The van der Waals surface area contributed by atoms with Crippen molar-refractivity contribution >= 4 is 33.8 Å². The molecule has 4 rings (SSSR count). The van der Waals surface area contributed by atoms with E-state index in [9.17, 15) is 9.59 Å². The maximum atomic E-state index is 12.6. The van der Waals surface area contributed by atoms with E-state index in [-0.39, 0.29) is 24.5 Å². The van der Waals surface area contributed by atoms with Crippen LogP contribution in [0.3, 0.4) is 0 Å². The van der Waals surface area contributed by atoms with Crippen LogP contribution in [0.1, 0.15) is 24.8 Å². The number of hydrogen-bond acceptors (Lipinski definition) is 7. The molecular formula is C21H22N4O4S. The number of likely N-dealkylation sites (tertiary alicyclic amines) is 1. The smallest absolute Gasteiger partial charge is 0.231 e. The van der Waals surface area contributed by atoms with Crippen LogP contribution >= 0.6 is 11.3 Å². The first-order chi connectivity index (χ1) is 14.6. The first-order valence-corrected chi connectivity index (χ1v) is 10.7. The molecule has 8 nitrogen and oxygen atoms in total. The second-order valence-electron chi connectivity index (χ2n) is 7.25. The zero-order chi connectivity index (χ0) is 20.9. The summed E-state index contributed by atoms with van der Waals surface area (Å²) in [5.74, 6) is 1.19. The van der Waals surface area contributed by atoms with Crippen molar-refractivity contribution in [1.82, 2.24) is 4.90 Å². The van der Waals surface area contributed by atoms with Crippen molar-refractivity contribution in [2.45, 2.75) is 19.3 Å². The topological polar surface area (TPSA) is 104 Å². The molecule has 1 saturated heterocycles. The summed E-state index contributed by atoms with van der Waals surface area (Å²) < 4.78 is 10.6. The molecule has 0 atom stereocenters. The summed E-state index contributed by atoms with van der Waals surface area (Å²) in [7, 11) is 0. The zero-order valence-corrected chi connectivity index (χ0v) is 17.2. The number of hydrogen-bond donors (Lipinski definition) is 2. The number of amides is 2. The number of piperidine rings is 1. The van der Waals surface area contributed by atoms with E-state index < -0.39 is 0 Å². The summed E-state index contributed by atoms with van der Waals surface area (Å²) in [6.07, 6.45) is 1.86.